The van der Waals surface area contributed by atoms with Crippen LogP contribution in [0.5, 0.6) is 0 Å². The van der Waals surface area contributed by atoms with Gasteiger partial charge >= 0.3 is 5.97 Å². The summed E-state index contributed by atoms with van der Waals surface area (Å²) in [6, 6.07) is 18.3. The van der Waals surface area contributed by atoms with E-state index in [9.17, 15) is 9.59 Å². The number of esters is 1. The predicted molar refractivity (Wildman–Crippen MR) is 81.2 cm³/mol. The van der Waals surface area contributed by atoms with Gasteiger partial charge in [0.15, 0.2) is 5.78 Å². The van der Waals surface area contributed by atoms with Crippen LogP contribution >= 0.6 is 0 Å². The Balaban J connectivity index is 2.20. The van der Waals surface area contributed by atoms with Crippen molar-refractivity contribution < 1.29 is 14.3 Å². The van der Waals surface area contributed by atoms with E-state index in [4.69, 9.17) is 4.74 Å². The Morgan fingerprint density at radius 1 is 0.952 bits per heavy atom. The van der Waals surface area contributed by atoms with Crippen LogP contribution in [0.25, 0.3) is 0 Å². The summed E-state index contributed by atoms with van der Waals surface area (Å²) in [7, 11) is 0. The summed E-state index contributed by atoms with van der Waals surface area (Å²) in [5.74, 6) is -0.968. The Morgan fingerprint density at radius 3 is 2.10 bits per heavy atom. The van der Waals surface area contributed by atoms with Crippen molar-refractivity contribution in [2.75, 3.05) is 6.61 Å². The number of Topliss-reactive ketones (excluding diaryl/α,β-unsaturated/α-hetero) is 1. The smallest absolute Gasteiger partial charge is 0.313 e. The minimum absolute atomic E-state index is 0.0579. The quantitative estimate of drug-likeness (QED) is 0.600. The van der Waals surface area contributed by atoms with Crippen molar-refractivity contribution in [1.82, 2.24) is 0 Å². The second-order valence-electron chi connectivity index (χ2n) is 4.71. The number of hydrogen-bond donors (Lipinski definition) is 0. The maximum atomic E-state index is 12.3. The summed E-state index contributed by atoms with van der Waals surface area (Å²) in [5, 5.41) is 0. The molecule has 0 bridgehead atoms. The number of ether oxygens (including phenoxy) is 1. The molecule has 0 fully saturated rings. The molecule has 0 aromatic heterocycles. The van der Waals surface area contributed by atoms with Gasteiger partial charge in [-0.2, -0.15) is 0 Å². The van der Waals surface area contributed by atoms with Crippen LogP contribution in [-0.4, -0.2) is 18.4 Å². The van der Waals surface area contributed by atoms with Crippen molar-refractivity contribution in [3.63, 3.8) is 0 Å². The number of carbonyl (C=O) groups excluding carboxylic acids is 2. The predicted octanol–water partition coefficient (Wildman–Crippen LogP) is 3.61. The van der Waals surface area contributed by atoms with Crippen LogP contribution in [-0.2, 0) is 9.53 Å². The number of carbonyl (C=O) groups is 2. The highest BCUT2D eigenvalue weighted by molar-refractivity contribution is 5.99. The SMILES string of the molecule is CCOC(=O)C(CC(=O)c1ccccc1)c1ccccc1. The lowest BCUT2D eigenvalue weighted by Gasteiger charge is -2.15. The minimum atomic E-state index is -0.557. The normalized spacial score (nSPS) is 11.7. The van der Waals surface area contributed by atoms with Crippen molar-refractivity contribution >= 4 is 11.8 Å². The maximum Gasteiger partial charge on any atom is 0.313 e. The van der Waals surface area contributed by atoms with Gasteiger partial charge < -0.3 is 4.74 Å². The topological polar surface area (TPSA) is 43.4 Å². The zero-order valence-corrected chi connectivity index (χ0v) is 12.0. The summed E-state index contributed by atoms with van der Waals surface area (Å²) < 4.78 is 5.10. The molecule has 0 saturated carbocycles. The molecule has 0 heterocycles. The highest BCUT2D eigenvalue weighted by atomic mass is 16.5. The number of benzene rings is 2. The van der Waals surface area contributed by atoms with Crippen LogP contribution in [0.15, 0.2) is 60.7 Å². The van der Waals surface area contributed by atoms with Gasteiger partial charge in [0.05, 0.1) is 12.5 Å². The average molecular weight is 282 g/mol. The standard InChI is InChI=1S/C18H18O3/c1-2-21-18(20)16(14-9-5-3-6-10-14)13-17(19)15-11-7-4-8-12-15/h3-12,16H,2,13H2,1H3. The lowest BCUT2D eigenvalue weighted by Crippen LogP contribution is -2.19. The van der Waals surface area contributed by atoms with Crippen LogP contribution in [0, 0.1) is 0 Å². The maximum absolute atomic E-state index is 12.3. The molecule has 0 aliphatic carbocycles. The van der Waals surface area contributed by atoms with E-state index in [0.717, 1.165) is 5.56 Å². The van der Waals surface area contributed by atoms with Crippen LogP contribution in [0.2, 0.25) is 0 Å². The zero-order valence-electron chi connectivity index (χ0n) is 12.0. The van der Waals surface area contributed by atoms with Crippen molar-refractivity contribution in [3.8, 4) is 0 Å². The largest absolute Gasteiger partial charge is 0.466 e. The van der Waals surface area contributed by atoms with Gasteiger partial charge in [-0.05, 0) is 12.5 Å². The van der Waals surface area contributed by atoms with Crippen LogP contribution in [0.3, 0.4) is 0 Å². The Bertz CT molecular complexity index is 590. The summed E-state index contributed by atoms with van der Waals surface area (Å²) in [5.41, 5.74) is 1.42. The molecule has 1 unspecified atom stereocenters. The van der Waals surface area contributed by atoms with Gasteiger partial charge in [-0.1, -0.05) is 60.7 Å². The zero-order chi connectivity index (χ0) is 15.1. The molecule has 0 saturated heterocycles. The summed E-state index contributed by atoms with van der Waals surface area (Å²) in [4.78, 5) is 24.5. The molecule has 0 spiro atoms. The molecule has 0 N–H and O–H groups in total. The van der Waals surface area contributed by atoms with E-state index in [-0.39, 0.29) is 18.2 Å². The fourth-order valence-corrected chi connectivity index (χ4v) is 2.19. The van der Waals surface area contributed by atoms with E-state index in [2.05, 4.69) is 0 Å². The number of hydrogen-bond acceptors (Lipinski definition) is 3. The van der Waals surface area contributed by atoms with E-state index >= 15 is 0 Å². The molecular formula is C18H18O3. The number of ketones is 1. The van der Waals surface area contributed by atoms with Crippen molar-refractivity contribution in [2.45, 2.75) is 19.3 Å². The molecule has 21 heavy (non-hydrogen) atoms. The van der Waals surface area contributed by atoms with Gasteiger partial charge in [0.25, 0.3) is 0 Å². The molecule has 0 aliphatic rings. The number of rotatable bonds is 6. The van der Waals surface area contributed by atoms with Gasteiger partial charge in [0.2, 0.25) is 0 Å². The molecule has 2 rings (SSSR count). The summed E-state index contributed by atoms with van der Waals surface area (Å²) >= 11 is 0. The molecule has 108 valence electrons. The van der Waals surface area contributed by atoms with Crippen LogP contribution in [0.1, 0.15) is 35.2 Å². The van der Waals surface area contributed by atoms with Crippen molar-refractivity contribution in [2.24, 2.45) is 0 Å². The minimum Gasteiger partial charge on any atom is -0.466 e. The molecule has 1 atom stereocenters. The third kappa shape index (κ3) is 4.02. The van der Waals surface area contributed by atoms with E-state index in [1.807, 2.05) is 48.5 Å². The Hall–Kier alpha value is -2.42. The fraction of sp³-hybridized carbons (Fsp3) is 0.222. The first-order valence-corrected chi connectivity index (χ1v) is 7.02. The second-order valence-corrected chi connectivity index (χ2v) is 4.71. The fourth-order valence-electron chi connectivity index (χ4n) is 2.19. The van der Waals surface area contributed by atoms with E-state index in [0.29, 0.717) is 12.2 Å². The first-order chi connectivity index (χ1) is 10.2. The molecule has 0 radical (unpaired) electrons. The molecule has 3 heteroatoms. The van der Waals surface area contributed by atoms with Gasteiger partial charge in [-0.15, -0.1) is 0 Å². The highest BCUT2D eigenvalue weighted by Gasteiger charge is 2.25. The first kappa shape index (κ1) is 15.0. The van der Waals surface area contributed by atoms with Crippen molar-refractivity contribution in [3.05, 3.63) is 71.8 Å². The van der Waals surface area contributed by atoms with Crippen molar-refractivity contribution in [1.29, 1.82) is 0 Å². The van der Waals surface area contributed by atoms with Crippen LogP contribution in [0.4, 0.5) is 0 Å². The molecule has 2 aromatic carbocycles. The Morgan fingerprint density at radius 2 is 1.52 bits per heavy atom. The van der Waals surface area contributed by atoms with Crippen LogP contribution < -0.4 is 0 Å². The Kier molecular flexibility index (Phi) is 5.27. The third-order valence-corrected chi connectivity index (χ3v) is 3.26. The summed E-state index contributed by atoms with van der Waals surface area (Å²) in [6.07, 6.45) is 0.118. The van der Waals surface area contributed by atoms with Gasteiger partial charge in [0.1, 0.15) is 0 Å². The van der Waals surface area contributed by atoms with Gasteiger partial charge in [-0.3, -0.25) is 9.59 Å². The first-order valence-electron chi connectivity index (χ1n) is 7.02. The highest BCUT2D eigenvalue weighted by Crippen LogP contribution is 2.23. The summed E-state index contributed by atoms with van der Waals surface area (Å²) in [6.45, 7) is 2.07. The molecule has 0 aliphatic heterocycles. The van der Waals surface area contributed by atoms with E-state index in [1.54, 1.807) is 19.1 Å². The average Bonchev–Trinajstić information content (AvgIpc) is 2.54. The van der Waals surface area contributed by atoms with Gasteiger partial charge in [-0.25, -0.2) is 0 Å². The van der Waals surface area contributed by atoms with Gasteiger partial charge in [0, 0.05) is 12.0 Å². The lowest BCUT2D eigenvalue weighted by atomic mass is 9.91. The second kappa shape index (κ2) is 7.39. The third-order valence-electron chi connectivity index (χ3n) is 3.26. The van der Waals surface area contributed by atoms with E-state index in [1.165, 1.54) is 0 Å². The lowest BCUT2D eigenvalue weighted by molar-refractivity contribution is -0.144. The molecular weight excluding hydrogens is 264 g/mol. The van der Waals surface area contributed by atoms with E-state index < -0.39 is 5.92 Å². The molecule has 3 nitrogen and oxygen atoms in total. The molecule has 0 amide bonds. The monoisotopic (exact) mass is 282 g/mol. The Labute approximate surface area is 124 Å². The molecule has 2 aromatic rings.